The van der Waals surface area contributed by atoms with Gasteiger partial charge in [-0.15, -0.1) is 0 Å². The number of nitrogens with two attached hydrogens (primary N) is 1. The molecular weight excluding hydrogens is 188 g/mol. The van der Waals surface area contributed by atoms with Crippen molar-refractivity contribution < 1.29 is 0 Å². The van der Waals surface area contributed by atoms with Crippen molar-refractivity contribution in [2.24, 2.45) is 11.7 Å². The fourth-order valence-corrected chi connectivity index (χ4v) is 1.66. The highest BCUT2D eigenvalue weighted by Gasteiger charge is 2.30. The molecule has 1 atom stereocenters. The van der Waals surface area contributed by atoms with Crippen molar-refractivity contribution in [1.29, 1.82) is 5.26 Å². The van der Waals surface area contributed by atoms with Gasteiger partial charge in [0.2, 0.25) is 0 Å². The highest BCUT2D eigenvalue weighted by atomic mass is 15.0. The van der Waals surface area contributed by atoms with Gasteiger partial charge in [0.15, 0.2) is 0 Å². The smallest absolute Gasteiger partial charge is 0.142 e. The molecule has 0 radical (unpaired) electrons. The first-order valence-corrected chi connectivity index (χ1v) is 5.16. The van der Waals surface area contributed by atoms with Crippen molar-refractivity contribution in [2.75, 3.05) is 11.9 Å². The van der Waals surface area contributed by atoms with Crippen LogP contribution in [0.25, 0.3) is 0 Å². The molecule has 2 rings (SSSR count). The lowest BCUT2D eigenvalue weighted by Gasteiger charge is -2.17. The number of pyridine rings is 1. The summed E-state index contributed by atoms with van der Waals surface area (Å²) in [5.74, 6) is 0.703. The normalized spacial score (nSPS) is 16.8. The number of hydrogen-bond acceptors (Lipinski definition) is 4. The molecule has 4 heteroatoms. The molecule has 78 valence electrons. The van der Waals surface area contributed by atoms with Gasteiger partial charge < -0.3 is 11.1 Å². The molecule has 1 aromatic heterocycles. The van der Waals surface area contributed by atoms with Gasteiger partial charge in [-0.25, -0.2) is 4.98 Å². The van der Waals surface area contributed by atoms with Gasteiger partial charge >= 0.3 is 0 Å². The first-order valence-electron chi connectivity index (χ1n) is 5.16. The molecule has 0 aliphatic heterocycles. The summed E-state index contributed by atoms with van der Waals surface area (Å²) in [5.41, 5.74) is 7.06. The lowest BCUT2D eigenvalue weighted by atomic mass is 10.2. The summed E-state index contributed by atoms with van der Waals surface area (Å²) >= 11 is 0. The number of hydrogen-bond donors (Lipinski definition) is 2. The maximum Gasteiger partial charge on any atom is 0.142 e. The molecule has 1 unspecified atom stereocenters. The number of nitriles is 1. The van der Waals surface area contributed by atoms with E-state index in [0.29, 0.717) is 24.2 Å². The van der Waals surface area contributed by atoms with Crippen LogP contribution < -0.4 is 11.1 Å². The minimum absolute atomic E-state index is 0.332. The average molecular weight is 202 g/mol. The Labute approximate surface area is 89.1 Å². The summed E-state index contributed by atoms with van der Waals surface area (Å²) in [4.78, 5) is 3.92. The minimum Gasteiger partial charge on any atom is -0.381 e. The predicted octanol–water partition coefficient (Wildman–Crippen LogP) is 1.10. The second-order valence-electron chi connectivity index (χ2n) is 3.87. The Morgan fingerprint density at radius 1 is 1.67 bits per heavy atom. The van der Waals surface area contributed by atoms with Gasteiger partial charge in [-0.2, -0.15) is 5.26 Å². The molecule has 1 fully saturated rings. The van der Waals surface area contributed by atoms with Crippen LogP contribution in [-0.4, -0.2) is 17.6 Å². The van der Waals surface area contributed by atoms with Gasteiger partial charge in [0.1, 0.15) is 11.8 Å². The Hall–Kier alpha value is -1.60. The molecule has 0 spiro atoms. The molecule has 0 saturated heterocycles. The van der Waals surface area contributed by atoms with E-state index in [2.05, 4.69) is 10.3 Å². The van der Waals surface area contributed by atoms with Crippen LogP contribution in [0.3, 0.4) is 0 Å². The molecule has 1 aromatic rings. The van der Waals surface area contributed by atoms with Crippen LogP contribution in [0.5, 0.6) is 0 Å². The van der Waals surface area contributed by atoms with Crippen molar-refractivity contribution in [2.45, 2.75) is 18.9 Å². The molecule has 0 amide bonds. The largest absolute Gasteiger partial charge is 0.381 e. The van der Waals surface area contributed by atoms with E-state index in [1.807, 2.05) is 12.1 Å². The minimum atomic E-state index is 0.332. The van der Waals surface area contributed by atoms with Crippen molar-refractivity contribution in [3.8, 4) is 6.07 Å². The molecule has 1 heterocycles. The zero-order valence-electron chi connectivity index (χ0n) is 8.48. The van der Waals surface area contributed by atoms with Crippen LogP contribution in [0.4, 0.5) is 5.69 Å². The van der Waals surface area contributed by atoms with Gasteiger partial charge in [-0.3, -0.25) is 0 Å². The Balaban J connectivity index is 2.05. The second-order valence-corrected chi connectivity index (χ2v) is 3.87. The monoisotopic (exact) mass is 202 g/mol. The molecule has 0 bridgehead atoms. The Bertz CT molecular complexity index is 378. The van der Waals surface area contributed by atoms with E-state index in [1.165, 1.54) is 12.8 Å². The van der Waals surface area contributed by atoms with Crippen molar-refractivity contribution in [3.63, 3.8) is 0 Å². The van der Waals surface area contributed by atoms with Gasteiger partial charge in [-0.1, -0.05) is 0 Å². The van der Waals surface area contributed by atoms with Crippen LogP contribution in [0.15, 0.2) is 18.3 Å². The molecule has 4 nitrogen and oxygen atoms in total. The highest BCUT2D eigenvalue weighted by Crippen LogP contribution is 2.33. The molecule has 3 N–H and O–H groups in total. The Morgan fingerprint density at radius 3 is 3.07 bits per heavy atom. The first-order chi connectivity index (χ1) is 7.33. The van der Waals surface area contributed by atoms with Crippen LogP contribution >= 0.6 is 0 Å². The number of aromatic nitrogens is 1. The molecule has 1 saturated carbocycles. The standard InChI is InChI=1S/C11H14N4/c12-6-10-5-9(3-4-14-10)15-11(7-13)8-1-2-8/h3-5,8,11H,1-2,7,13H2,(H,14,15). The van der Waals surface area contributed by atoms with E-state index in [0.717, 1.165) is 5.69 Å². The quantitative estimate of drug-likeness (QED) is 0.766. The van der Waals surface area contributed by atoms with E-state index in [-0.39, 0.29) is 0 Å². The topological polar surface area (TPSA) is 74.7 Å². The Morgan fingerprint density at radius 2 is 2.47 bits per heavy atom. The molecule has 1 aliphatic rings. The van der Waals surface area contributed by atoms with Crippen LogP contribution in [-0.2, 0) is 0 Å². The zero-order chi connectivity index (χ0) is 10.7. The number of anilines is 1. The zero-order valence-corrected chi connectivity index (χ0v) is 8.48. The van der Waals surface area contributed by atoms with E-state index < -0.39 is 0 Å². The molecule has 1 aliphatic carbocycles. The Kier molecular flexibility index (Phi) is 2.84. The van der Waals surface area contributed by atoms with E-state index in [4.69, 9.17) is 11.0 Å². The second kappa shape index (κ2) is 4.28. The third-order valence-corrected chi connectivity index (χ3v) is 2.67. The summed E-state index contributed by atoms with van der Waals surface area (Å²) in [6, 6.07) is 5.98. The van der Waals surface area contributed by atoms with Crippen molar-refractivity contribution in [1.82, 2.24) is 4.98 Å². The summed E-state index contributed by atoms with van der Waals surface area (Å²) in [5, 5.41) is 12.1. The first kappa shape index (κ1) is 9.94. The third-order valence-electron chi connectivity index (χ3n) is 2.67. The lowest BCUT2D eigenvalue weighted by molar-refractivity contribution is 0.645. The maximum absolute atomic E-state index is 8.71. The van der Waals surface area contributed by atoms with E-state index in [1.54, 1.807) is 12.3 Å². The molecule has 15 heavy (non-hydrogen) atoms. The van der Waals surface area contributed by atoms with Gasteiger partial charge in [0.05, 0.1) is 0 Å². The van der Waals surface area contributed by atoms with Crippen LogP contribution in [0.2, 0.25) is 0 Å². The van der Waals surface area contributed by atoms with Gasteiger partial charge in [0.25, 0.3) is 0 Å². The third kappa shape index (κ3) is 2.45. The SMILES string of the molecule is N#Cc1cc(NC(CN)C2CC2)ccn1. The molecular formula is C11H14N4. The van der Waals surface area contributed by atoms with E-state index >= 15 is 0 Å². The summed E-state index contributed by atoms with van der Waals surface area (Å²) in [7, 11) is 0. The van der Waals surface area contributed by atoms with E-state index in [9.17, 15) is 0 Å². The number of nitrogens with zero attached hydrogens (tertiary/aromatic N) is 2. The van der Waals surface area contributed by atoms with Crippen LogP contribution in [0.1, 0.15) is 18.5 Å². The molecule has 0 aromatic carbocycles. The van der Waals surface area contributed by atoms with Crippen LogP contribution in [0, 0.1) is 17.2 Å². The predicted molar refractivity (Wildman–Crippen MR) is 58.1 cm³/mol. The number of nitrogens with one attached hydrogen (secondary N) is 1. The summed E-state index contributed by atoms with van der Waals surface area (Å²) < 4.78 is 0. The fraction of sp³-hybridized carbons (Fsp3) is 0.455. The van der Waals surface area contributed by atoms with Crippen molar-refractivity contribution in [3.05, 3.63) is 24.0 Å². The maximum atomic E-state index is 8.71. The van der Waals surface area contributed by atoms with Crippen molar-refractivity contribution >= 4 is 5.69 Å². The highest BCUT2D eigenvalue weighted by molar-refractivity contribution is 5.47. The lowest BCUT2D eigenvalue weighted by Crippen LogP contribution is -2.30. The summed E-state index contributed by atoms with van der Waals surface area (Å²) in [6.45, 7) is 0.634. The summed E-state index contributed by atoms with van der Waals surface area (Å²) in [6.07, 6.45) is 4.15. The van der Waals surface area contributed by atoms with Gasteiger partial charge in [-0.05, 0) is 30.9 Å². The fourth-order valence-electron chi connectivity index (χ4n) is 1.66. The number of rotatable bonds is 4. The van der Waals surface area contributed by atoms with Gasteiger partial charge in [0, 0.05) is 24.5 Å². The average Bonchev–Trinajstić information content (AvgIpc) is 3.10.